The summed E-state index contributed by atoms with van der Waals surface area (Å²) in [4.78, 5) is 11.8. The Balaban J connectivity index is 1.28. The highest BCUT2D eigenvalue weighted by Crippen LogP contribution is 2.52. The molecule has 1 fully saturated rings. The lowest BCUT2D eigenvalue weighted by atomic mass is 10.1. The summed E-state index contributed by atoms with van der Waals surface area (Å²) in [7, 11) is 0. The first-order chi connectivity index (χ1) is 15.2. The Kier molecular flexibility index (Phi) is 13.7. The van der Waals surface area contributed by atoms with Crippen molar-refractivity contribution < 1.29 is 28.5 Å². The summed E-state index contributed by atoms with van der Waals surface area (Å²) < 4.78 is 27.2. The number of alkyl carbamates (subject to hydrolysis) is 1. The fourth-order valence-corrected chi connectivity index (χ4v) is 3.81. The van der Waals surface area contributed by atoms with Crippen LogP contribution in [0.3, 0.4) is 0 Å². The van der Waals surface area contributed by atoms with Crippen molar-refractivity contribution in [1.29, 1.82) is 0 Å². The van der Waals surface area contributed by atoms with E-state index < -0.39 is 0 Å². The number of rotatable bonds is 17. The molecule has 1 amide bonds. The molecule has 31 heavy (non-hydrogen) atoms. The molecule has 0 saturated heterocycles. The standard InChI is InChI=1S/C24H41NO6/c1-20(2)9-11-27-13-15-29-17-18-30-16-14-28-12-10-25-24(26)31-19-23-21-7-5-3-4-6-8-22(21)23/h20-23H,5-19H2,1-2H3,(H,25,26)/t21-,22+,23-. The predicted octanol–water partition coefficient (Wildman–Crippen LogP) is 3.26. The zero-order valence-corrected chi connectivity index (χ0v) is 19.4. The maximum Gasteiger partial charge on any atom is 0.407 e. The number of fused-ring (bicyclic) bond motifs is 1. The van der Waals surface area contributed by atoms with Gasteiger partial charge in [-0.1, -0.05) is 13.8 Å². The van der Waals surface area contributed by atoms with E-state index in [1.165, 1.54) is 0 Å². The Morgan fingerprint density at radius 1 is 0.839 bits per heavy atom. The van der Waals surface area contributed by atoms with Crippen molar-refractivity contribution in [2.24, 2.45) is 23.7 Å². The maximum atomic E-state index is 11.8. The van der Waals surface area contributed by atoms with Crippen LogP contribution in [0.5, 0.6) is 0 Å². The zero-order chi connectivity index (χ0) is 22.2. The van der Waals surface area contributed by atoms with Crippen LogP contribution in [0.15, 0.2) is 0 Å². The van der Waals surface area contributed by atoms with Gasteiger partial charge in [-0.3, -0.25) is 0 Å². The van der Waals surface area contributed by atoms with E-state index in [2.05, 4.69) is 31.0 Å². The molecule has 2 rings (SSSR count). The Hall–Kier alpha value is -1.33. The maximum absolute atomic E-state index is 11.8. The van der Waals surface area contributed by atoms with Gasteiger partial charge in [0.15, 0.2) is 0 Å². The van der Waals surface area contributed by atoms with Crippen LogP contribution in [-0.4, -0.2) is 72.1 Å². The molecular weight excluding hydrogens is 398 g/mol. The number of hydrogen-bond donors (Lipinski definition) is 1. The zero-order valence-electron chi connectivity index (χ0n) is 19.4. The highest BCUT2D eigenvalue weighted by molar-refractivity contribution is 5.67. The normalized spacial score (nSPS) is 22.1. The molecule has 7 nitrogen and oxygen atoms in total. The van der Waals surface area contributed by atoms with E-state index in [-0.39, 0.29) is 6.09 Å². The number of nitrogens with one attached hydrogen (secondary N) is 1. The van der Waals surface area contributed by atoms with Gasteiger partial charge >= 0.3 is 6.09 Å². The van der Waals surface area contributed by atoms with E-state index in [1.54, 1.807) is 0 Å². The molecule has 0 heterocycles. The minimum Gasteiger partial charge on any atom is -0.449 e. The molecule has 1 saturated carbocycles. The van der Waals surface area contributed by atoms with Gasteiger partial charge in [-0.15, -0.1) is 11.8 Å². The molecule has 178 valence electrons. The van der Waals surface area contributed by atoms with E-state index in [9.17, 15) is 4.79 Å². The Labute approximate surface area is 187 Å². The fraction of sp³-hybridized carbons (Fsp3) is 0.875. The molecule has 0 unspecified atom stereocenters. The van der Waals surface area contributed by atoms with Crippen LogP contribution in [0.1, 0.15) is 46.0 Å². The van der Waals surface area contributed by atoms with Gasteiger partial charge in [-0.25, -0.2) is 4.79 Å². The largest absolute Gasteiger partial charge is 0.449 e. The quantitative estimate of drug-likeness (QED) is 0.277. The molecule has 0 aromatic heterocycles. The van der Waals surface area contributed by atoms with E-state index in [1.807, 2.05) is 0 Å². The summed E-state index contributed by atoms with van der Waals surface area (Å²) in [5.41, 5.74) is 0. The second-order valence-electron chi connectivity index (χ2n) is 8.58. The van der Waals surface area contributed by atoms with Gasteiger partial charge in [-0.05, 0) is 42.9 Å². The summed E-state index contributed by atoms with van der Waals surface area (Å²) in [6.07, 6.45) is 4.96. The van der Waals surface area contributed by atoms with Crippen LogP contribution < -0.4 is 5.32 Å². The lowest BCUT2D eigenvalue weighted by molar-refractivity contribution is -0.00240. The lowest BCUT2D eigenvalue weighted by Crippen LogP contribution is -2.29. The topological polar surface area (TPSA) is 75.3 Å². The van der Waals surface area contributed by atoms with Gasteiger partial charge in [0.05, 0.1) is 52.9 Å². The van der Waals surface area contributed by atoms with Crippen molar-refractivity contribution >= 4 is 6.09 Å². The van der Waals surface area contributed by atoms with Crippen LogP contribution >= 0.6 is 0 Å². The molecule has 1 N–H and O–H groups in total. The Bertz CT molecular complexity index is 526. The second-order valence-corrected chi connectivity index (χ2v) is 8.58. The van der Waals surface area contributed by atoms with Crippen molar-refractivity contribution in [2.75, 3.05) is 66.0 Å². The SMILES string of the molecule is CC(C)CCOCCOCCOCCOCCNC(=O)OC[C@@H]1[C@@H]2CCC#CCC[C@@H]21. The second kappa shape index (κ2) is 16.3. The first kappa shape index (κ1) is 25.9. The summed E-state index contributed by atoms with van der Waals surface area (Å²) >= 11 is 0. The average molecular weight is 440 g/mol. The van der Waals surface area contributed by atoms with Crippen molar-refractivity contribution in [3.05, 3.63) is 0 Å². The summed E-state index contributed by atoms with van der Waals surface area (Å²) in [5, 5.41) is 2.73. The van der Waals surface area contributed by atoms with Gasteiger partial charge in [0, 0.05) is 26.0 Å². The highest BCUT2D eigenvalue weighted by Gasteiger charge is 2.49. The molecular formula is C24H41NO6. The predicted molar refractivity (Wildman–Crippen MR) is 119 cm³/mol. The number of hydrogen-bond acceptors (Lipinski definition) is 6. The van der Waals surface area contributed by atoms with Gasteiger partial charge in [0.2, 0.25) is 0 Å². The monoisotopic (exact) mass is 439 g/mol. The Morgan fingerprint density at radius 2 is 1.35 bits per heavy atom. The smallest absolute Gasteiger partial charge is 0.407 e. The van der Waals surface area contributed by atoms with E-state index in [4.69, 9.17) is 23.7 Å². The number of ether oxygens (including phenoxy) is 5. The molecule has 7 heteroatoms. The number of amides is 1. The third-order valence-electron chi connectivity index (χ3n) is 5.72. The summed E-state index contributed by atoms with van der Waals surface area (Å²) in [5.74, 6) is 8.97. The summed E-state index contributed by atoms with van der Waals surface area (Å²) in [6, 6.07) is 0. The minimum absolute atomic E-state index is 0.360. The van der Waals surface area contributed by atoms with Crippen LogP contribution in [0.4, 0.5) is 4.79 Å². The first-order valence-corrected chi connectivity index (χ1v) is 11.9. The Morgan fingerprint density at radius 3 is 1.90 bits per heavy atom. The third kappa shape index (κ3) is 12.3. The molecule has 0 radical (unpaired) electrons. The highest BCUT2D eigenvalue weighted by atomic mass is 16.6. The lowest BCUT2D eigenvalue weighted by Gasteiger charge is -2.09. The van der Waals surface area contributed by atoms with Crippen LogP contribution in [0, 0.1) is 35.5 Å². The van der Waals surface area contributed by atoms with Crippen LogP contribution in [-0.2, 0) is 23.7 Å². The molecule has 0 aromatic carbocycles. The van der Waals surface area contributed by atoms with E-state index in [0.29, 0.717) is 83.1 Å². The van der Waals surface area contributed by atoms with Crippen LogP contribution in [0.2, 0.25) is 0 Å². The van der Waals surface area contributed by atoms with Crippen molar-refractivity contribution in [3.63, 3.8) is 0 Å². The molecule has 2 aliphatic carbocycles. The molecule has 0 aliphatic heterocycles. The van der Waals surface area contributed by atoms with Crippen molar-refractivity contribution in [1.82, 2.24) is 5.32 Å². The van der Waals surface area contributed by atoms with Crippen molar-refractivity contribution in [2.45, 2.75) is 46.0 Å². The molecule has 2 aliphatic rings. The average Bonchev–Trinajstić information content (AvgIpc) is 3.38. The number of carbonyl (C=O) groups excluding carboxylic acids is 1. The molecule has 0 bridgehead atoms. The van der Waals surface area contributed by atoms with Gasteiger partial charge in [-0.2, -0.15) is 0 Å². The van der Waals surface area contributed by atoms with Gasteiger partial charge in [0.1, 0.15) is 0 Å². The molecule has 0 aromatic rings. The number of carbonyl (C=O) groups is 1. The third-order valence-corrected chi connectivity index (χ3v) is 5.72. The summed E-state index contributed by atoms with van der Waals surface area (Å²) in [6.45, 7) is 9.85. The molecule has 3 atom stereocenters. The van der Waals surface area contributed by atoms with Crippen LogP contribution in [0.25, 0.3) is 0 Å². The fourth-order valence-electron chi connectivity index (χ4n) is 3.81. The van der Waals surface area contributed by atoms with E-state index >= 15 is 0 Å². The molecule has 0 spiro atoms. The minimum atomic E-state index is -0.360. The van der Waals surface area contributed by atoms with E-state index in [0.717, 1.165) is 38.7 Å². The van der Waals surface area contributed by atoms with Crippen molar-refractivity contribution in [3.8, 4) is 11.8 Å². The first-order valence-electron chi connectivity index (χ1n) is 11.9. The van der Waals surface area contributed by atoms with Gasteiger partial charge < -0.3 is 29.0 Å². The van der Waals surface area contributed by atoms with Gasteiger partial charge in [0.25, 0.3) is 0 Å².